The van der Waals surface area contributed by atoms with Crippen LogP contribution in [-0.4, -0.2) is 40.6 Å². The van der Waals surface area contributed by atoms with Gasteiger partial charge in [0.1, 0.15) is 17.3 Å². The molecule has 2 unspecified atom stereocenters. The maximum atomic E-state index is 14.0. The fourth-order valence-electron chi connectivity index (χ4n) is 3.85. The van der Waals surface area contributed by atoms with E-state index in [0.29, 0.717) is 5.69 Å². The molecular weight excluding hydrogens is 352 g/mol. The van der Waals surface area contributed by atoms with Crippen LogP contribution >= 0.6 is 0 Å². The second-order valence-electron chi connectivity index (χ2n) is 6.97. The molecule has 1 amide bonds. The zero-order valence-corrected chi connectivity index (χ0v) is 15.6. The lowest BCUT2D eigenvalue weighted by molar-refractivity contribution is 0.0622. The van der Waals surface area contributed by atoms with Gasteiger partial charge in [-0.25, -0.2) is 8.78 Å². The quantitative estimate of drug-likeness (QED) is 0.842. The van der Waals surface area contributed by atoms with Gasteiger partial charge in [0.05, 0.1) is 12.1 Å². The summed E-state index contributed by atoms with van der Waals surface area (Å²) in [6.07, 6.45) is 1.87. The molecule has 1 saturated heterocycles. The third kappa shape index (κ3) is 4.04. The molecule has 146 valence electrons. The minimum atomic E-state index is -1.05. The van der Waals surface area contributed by atoms with E-state index in [4.69, 9.17) is 0 Å². The molecule has 27 heavy (non-hydrogen) atoms. The summed E-state index contributed by atoms with van der Waals surface area (Å²) in [5.74, 6) is -1.55. The molecule has 0 saturated carbocycles. The van der Waals surface area contributed by atoms with E-state index in [1.165, 1.54) is 6.07 Å². The molecule has 1 aliphatic heterocycles. The lowest BCUT2D eigenvalue weighted by atomic mass is 9.97. The molecule has 1 fully saturated rings. The maximum Gasteiger partial charge on any atom is 0.267 e. The van der Waals surface area contributed by atoms with Crippen LogP contribution in [0.25, 0.3) is 0 Å². The highest BCUT2D eigenvalue weighted by atomic mass is 19.1. The van der Waals surface area contributed by atoms with Crippen LogP contribution in [-0.2, 0) is 7.05 Å². The number of likely N-dealkylation sites (tertiary alicyclic amines) is 1. The summed E-state index contributed by atoms with van der Waals surface area (Å²) in [5, 5.41) is 13.2. The Bertz CT molecular complexity index is 822. The van der Waals surface area contributed by atoms with E-state index in [2.05, 4.69) is 10.2 Å². The first-order valence-electron chi connectivity index (χ1n) is 9.17. The summed E-state index contributed by atoms with van der Waals surface area (Å²) in [4.78, 5) is 14.1. The zero-order chi connectivity index (χ0) is 19.6. The van der Waals surface area contributed by atoms with Gasteiger partial charge < -0.3 is 15.0 Å². The Morgan fingerprint density at radius 1 is 1.30 bits per heavy atom. The number of β-amino-alcohol motifs (C(OH)–C–C–N with tert-alkyl or cyclic N) is 1. The molecule has 2 N–H and O–H groups in total. The Labute approximate surface area is 157 Å². The van der Waals surface area contributed by atoms with Crippen molar-refractivity contribution in [3.05, 3.63) is 58.9 Å². The number of benzene rings is 1. The first kappa shape index (κ1) is 19.5. The fourth-order valence-corrected chi connectivity index (χ4v) is 3.85. The minimum Gasteiger partial charge on any atom is -0.387 e. The molecule has 1 aliphatic rings. The number of carbonyl (C=O) groups excluding carboxylic acids is 1. The molecule has 1 aromatic heterocycles. The molecule has 0 spiro atoms. The Hall–Kier alpha value is -2.25. The molecular formula is C20H25F2N3O2. The van der Waals surface area contributed by atoms with Gasteiger partial charge in [0.2, 0.25) is 0 Å². The van der Waals surface area contributed by atoms with Crippen LogP contribution in [0.1, 0.15) is 53.2 Å². The van der Waals surface area contributed by atoms with Gasteiger partial charge in [0.25, 0.3) is 5.91 Å². The number of piperidine rings is 1. The topological polar surface area (TPSA) is 57.5 Å². The van der Waals surface area contributed by atoms with Gasteiger partial charge in [-0.2, -0.15) is 0 Å². The van der Waals surface area contributed by atoms with E-state index in [1.807, 2.05) is 17.7 Å². The van der Waals surface area contributed by atoms with Crippen LogP contribution in [0.15, 0.2) is 30.3 Å². The smallest absolute Gasteiger partial charge is 0.267 e. The number of nitrogens with one attached hydrogen (secondary N) is 1. The van der Waals surface area contributed by atoms with Crippen molar-refractivity contribution in [2.45, 2.75) is 31.4 Å². The fraction of sp³-hybridized carbons (Fsp3) is 0.450. The highest BCUT2D eigenvalue weighted by molar-refractivity contribution is 5.92. The molecule has 5 nitrogen and oxygen atoms in total. The predicted molar refractivity (Wildman–Crippen MR) is 98.3 cm³/mol. The van der Waals surface area contributed by atoms with Gasteiger partial charge in [-0.15, -0.1) is 0 Å². The lowest BCUT2D eigenvalue weighted by Crippen LogP contribution is -2.37. The Balaban J connectivity index is 1.82. The molecule has 2 aromatic rings. The van der Waals surface area contributed by atoms with Gasteiger partial charge in [0.15, 0.2) is 0 Å². The third-order valence-corrected chi connectivity index (χ3v) is 5.30. The van der Waals surface area contributed by atoms with Gasteiger partial charge >= 0.3 is 0 Å². The summed E-state index contributed by atoms with van der Waals surface area (Å²) in [7, 11) is 3.44. The average Bonchev–Trinajstić information content (AvgIpc) is 3.02. The normalized spacial score (nSPS) is 19.1. The number of nitrogens with zero attached hydrogens (tertiary/aromatic N) is 2. The molecule has 0 aliphatic carbocycles. The Kier molecular flexibility index (Phi) is 5.92. The average molecular weight is 377 g/mol. The summed E-state index contributed by atoms with van der Waals surface area (Å²) in [6, 6.07) is 6.98. The minimum absolute atomic E-state index is 0.0281. The Morgan fingerprint density at radius 3 is 2.78 bits per heavy atom. The van der Waals surface area contributed by atoms with Crippen LogP contribution in [0.2, 0.25) is 0 Å². The van der Waals surface area contributed by atoms with Crippen LogP contribution in [0.5, 0.6) is 0 Å². The monoisotopic (exact) mass is 377 g/mol. The van der Waals surface area contributed by atoms with Crippen molar-refractivity contribution in [1.82, 2.24) is 14.8 Å². The second-order valence-corrected chi connectivity index (χ2v) is 6.97. The van der Waals surface area contributed by atoms with Crippen molar-refractivity contribution in [3.8, 4) is 0 Å². The predicted octanol–water partition coefficient (Wildman–Crippen LogP) is 2.92. The van der Waals surface area contributed by atoms with E-state index in [9.17, 15) is 18.7 Å². The third-order valence-electron chi connectivity index (χ3n) is 5.30. The molecule has 3 rings (SSSR count). The number of rotatable bonds is 5. The number of hydrogen-bond donors (Lipinski definition) is 2. The summed E-state index contributed by atoms with van der Waals surface area (Å²) in [5.41, 5.74) is 1.65. The van der Waals surface area contributed by atoms with Crippen molar-refractivity contribution in [2.24, 2.45) is 7.05 Å². The highest BCUT2D eigenvalue weighted by Crippen LogP contribution is 2.33. The van der Waals surface area contributed by atoms with E-state index in [0.717, 1.165) is 43.6 Å². The maximum absolute atomic E-state index is 14.0. The summed E-state index contributed by atoms with van der Waals surface area (Å²) < 4.78 is 29.0. The number of aliphatic hydroxyl groups is 1. The van der Waals surface area contributed by atoms with Crippen LogP contribution in [0.4, 0.5) is 8.78 Å². The van der Waals surface area contributed by atoms with Crippen LogP contribution in [0.3, 0.4) is 0 Å². The number of carbonyl (C=O) groups is 1. The molecule has 2 atom stereocenters. The van der Waals surface area contributed by atoms with Crippen molar-refractivity contribution in [1.29, 1.82) is 0 Å². The highest BCUT2D eigenvalue weighted by Gasteiger charge is 2.29. The van der Waals surface area contributed by atoms with E-state index in [-0.39, 0.29) is 24.1 Å². The van der Waals surface area contributed by atoms with Gasteiger partial charge in [-0.05, 0) is 37.6 Å². The number of halogens is 2. The van der Waals surface area contributed by atoms with E-state index in [1.54, 1.807) is 13.1 Å². The standard InChI is InChI=1S/C20H25F2N3O2/c1-23-20(27)18-9-8-16(24(18)2)17-5-3-4-10-25(17)12-19(26)14-7-6-13(21)11-15(14)22/h6-9,11,17,19,26H,3-5,10,12H2,1-2H3,(H,23,27). The SMILES string of the molecule is CNC(=O)c1ccc(C2CCCCN2CC(O)c2ccc(F)cc2F)n1C. The molecule has 0 radical (unpaired) electrons. The van der Waals surface area contributed by atoms with Crippen LogP contribution < -0.4 is 5.32 Å². The number of aliphatic hydroxyl groups excluding tert-OH is 1. The van der Waals surface area contributed by atoms with Crippen LogP contribution in [0, 0.1) is 11.6 Å². The lowest BCUT2D eigenvalue weighted by Gasteiger charge is -2.37. The van der Waals surface area contributed by atoms with E-state index < -0.39 is 17.7 Å². The zero-order valence-electron chi connectivity index (χ0n) is 15.6. The second kappa shape index (κ2) is 8.19. The first-order chi connectivity index (χ1) is 12.9. The van der Waals surface area contributed by atoms with Gasteiger partial charge in [0, 0.05) is 38.0 Å². The molecule has 7 heteroatoms. The number of hydrogen-bond acceptors (Lipinski definition) is 3. The van der Waals surface area contributed by atoms with Crippen molar-refractivity contribution in [2.75, 3.05) is 20.1 Å². The molecule has 0 bridgehead atoms. The molecule has 2 heterocycles. The molecule has 1 aromatic carbocycles. The largest absolute Gasteiger partial charge is 0.387 e. The summed E-state index contributed by atoms with van der Waals surface area (Å²) >= 11 is 0. The van der Waals surface area contributed by atoms with Crippen molar-refractivity contribution in [3.63, 3.8) is 0 Å². The van der Waals surface area contributed by atoms with Crippen molar-refractivity contribution >= 4 is 5.91 Å². The number of aromatic nitrogens is 1. The van der Waals surface area contributed by atoms with Gasteiger partial charge in [-0.1, -0.05) is 12.5 Å². The van der Waals surface area contributed by atoms with E-state index >= 15 is 0 Å². The number of amides is 1. The first-order valence-corrected chi connectivity index (χ1v) is 9.17. The van der Waals surface area contributed by atoms with Crippen molar-refractivity contribution < 1.29 is 18.7 Å². The summed E-state index contributed by atoms with van der Waals surface area (Å²) in [6.45, 7) is 1.01. The Morgan fingerprint density at radius 2 is 2.07 bits per heavy atom. The van der Waals surface area contributed by atoms with Gasteiger partial charge in [-0.3, -0.25) is 9.69 Å².